The molecule has 0 bridgehead atoms. The monoisotopic (exact) mass is 173 g/mol. The molecular weight excluding hydrogens is 164 g/mol. The van der Waals surface area contributed by atoms with E-state index in [9.17, 15) is 0 Å². The van der Waals surface area contributed by atoms with E-state index in [2.05, 4.69) is 21.7 Å². The van der Waals surface area contributed by atoms with Crippen molar-refractivity contribution in [2.24, 2.45) is 0 Å². The molecule has 3 nitrogen and oxygen atoms in total. The van der Waals surface area contributed by atoms with Crippen LogP contribution in [0.1, 0.15) is 5.82 Å². The summed E-state index contributed by atoms with van der Waals surface area (Å²) in [6.07, 6.45) is 3.64. The number of aromatic amines is 1. The Balaban J connectivity index is 2.42. The van der Waals surface area contributed by atoms with Gasteiger partial charge in [0.2, 0.25) is 0 Å². The zero-order valence-electron chi connectivity index (χ0n) is 7.03. The normalized spacial score (nSPS) is 14.2. The molecule has 3 heteroatoms. The van der Waals surface area contributed by atoms with Crippen molar-refractivity contribution in [3.63, 3.8) is 0 Å². The smallest absolute Gasteiger partial charge is 0.298 e. The first-order valence-electron chi connectivity index (χ1n) is 4.24. The Morgan fingerprint density at radius 2 is 2.23 bits per heavy atom. The molecule has 0 amide bonds. The fourth-order valence-electron chi connectivity index (χ4n) is 1.66. The number of ether oxygens (including phenoxy) is 1. The molecule has 0 atom stereocenters. The van der Waals surface area contributed by atoms with Gasteiger partial charge in [0.05, 0.1) is 0 Å². The second kappa shape index (κ2) is 2.36. The van der Waals surface area contributed by atoms with Gasteiger partial charge < -0.3 is 4.74 Å². The molecule has 0 fully saturated rings. The van der Waals surface area contributed by atoms with E-state index >= 15 is 0 Å². The first kappa shape index (κ1) is 6.71. The van der Waals surface area contributed by atoms with Gasteiger partial charge >= 0.3 is 0 Å². The summed E-state index contributed by atoms with van der Waals surface area (Å²) >= 11 is 0. The summed E-state index contributed by atoms with van der Waals surface area (Å²) in [4.78, 5) is 3.30. The maximum atomic E-state index is 5.19. The Labute approximate surface area is 75.3 Å². The Bertz CT molecular complexity index is 485. The number of rotatable bonds is 0. The van der Waals surface area contributed by atoms with E-state index in [0.717, 1.165) is 11.3 Å². The number of hydrogen-bond acceptors (Lipinski definition) is 1. The summed E-state index contributed by atoms with van der Waals surface area (Å²) in [5.41, 5.74) is 2.34. The van der Waals surface area contributed by atoms with E-state index in [4.69, 9.17) is 4.74 Å². The molecule has 0 unspecified atom stereocenters. The lowest BCUT2D eigenvalue weighted by Crippen LogP contribution is -2.32. The van der Waals surface area contributed by atoms with Gasteiger partial charge in [-0.25, -0.2) is 4.98 Å². The molecule has 1 aliphatic rings. The van der Waals surface area contributed by atoms with Crippen LogP contribution in [0.25, 0.3) is 17.2 Å². The van der Waals surface area contributed by atoms with Crippen LogP contribution in [-0.2, 0) is 11.3 Å². The van der Waals surface area contributed by atoms with Crippen LogP contribution in [0, 0.1) is 0 Å². The molecule has 0 spiro atoms. The van der Waals surface area contributed by atoms with Gasteiger partial charge in [-0.2, -0.15) is 4.57 Å². The Morgan fingerprint density at radius 1 is 1.31 bits per heavy atom. The quantitative estimate of drug-likeness (QED) is 0.599. The van der Waals surface area contributed by atoms with Crippen molar-refractivity contribution in [2.45, 2.75) is 6.61 Å². The van der Waals surface area contributed by atoms with Crippen molar-refractivity contribution in [1.82, 2.24) is 4.98 Å². The third-order valence-corrected chi connectivity index (χ3v) is 2.26. The van der Waals surface area contributed by atoms with Gasteiger partial charge in [0.1, 0.15) is 12.5 Å². The lowest BCUT2D eigenvalue weighted by atomic mass is 10.3. The molecule has 2 aromatic rings. The number of imidazole rings is 1. The first-order valence-corrected chi connectivity index (χ1v) is 4.24. The summed E-state index contributed by atoms with van der Waals surface area (Å²) in [7, 11) is 0. The predicted molar refractivity (Wildman–Crippen MR) is 48.6 cm³/mol. The van der Waals surface area contributed by atoms with Gasteiger partial charge in [0.15, 0.2) is 17.6 Å². The topological polar surface area (TPSA) is 28.9 Å². The van der Waals surface area contributed by atoms with Gasteiger partial charge in [0.25, 0.3) is 5.82 Å². The van der Waals surface area contributed by atoms with Crippen LogP contribution < -0.4 is 4.57 Å². The number of aromatic nitrogens is 2. The van der Waals surface area contributed by atoms with E-state index in [1.165, 1.54) is 5.52 Å². The molecule has 1 aromatic heterocycles. The van der Waals surface area contributed by atoms with Gasteiger partial charge in [-0.15, -0.1) is 0 Å². The highest BCUT2D eigenvalue weighted by atomic mass is 16.5. The summed E-state index contributed by atoms with van der Waals surface area (Å²) in [5.74, 6) is 1.09. The van der Waals surface area contributed by atoms with Crippen LogP contribution in [0.2, 0.25) is 0 Å². The maximum Gasteiger partial charge on any atom is 0.298 e. The number of benzene rings is 1. The molecule has 0 radical (unpaired) electrons. The zero-order valence-corrected chi connectivity index (χ0v) is 7.03. The van der Waals surface area contributed by atoms with E-state index in [1.54, 1.807) is 6.26 Å². The van der Waals surface area contributed by atoms with E-state index in [-0.39, 0.29) is 0 Å². The van der Waals surface area contributed by atoms with Crippen LogP contribution in [0.5, 0.6) is 0 Å². The Hall–Kier alpha value is -1.77. The van der Waals surface area contributed by atoms with Crippen molar-refractivity contribution in [2.75, 3.05) is 0 Å². The van der Waals surface area contributed by atoms with Crippen molar-refractivity contribution >= 4 is 17.2 Å². The largest absolute Gasteiger partial charge is 0.485 e. The highest BCUT2D eigenvalue weighted by molar-refractivity contribution is 5.71. The second-order valence-corrected chi connectivity index (χ2v) is 3.06. The minimum Gasteiger partial charge on any atom is -0.485 e. The van der Waals surface area contributed by atoms with E-state index in [1.807, 2.05) is 18.3 Å². The summed E-state index contributed by atoms with van der Waals surface area (Å²) in [6.45, 7) is 0.616. The van der Waals surface area contributed by atoms with E-state index in [0.29, 0.717) is 6.61 Å². The van der Waals surface area contributed by atoms with Crippen LogP contribution >= 0.6 is 0 Å². The van der Waals surface area contributed by atoms with Crippen molar-refractivity contribution in [1.29, 1.82) is 0 Å². The molecule has 1 aromatic carbocycles. The van der Waals surface area contributed by atoms with Crippen LogP contribution in [0.3, 0.4) is 0 Å². The fraction of sp³-hybridized carbons (Fsp3) is 0.100. The lowest BCUT2D eigenvalue weighted by molar-refractivity contribution is -0.556. The third-order valence-electron chi connectivity index (χ3n) is 2.26. The number of fused-ring (bicyclic) bond motifs is 3. The van der Waals surface area contributed by atoms with Crippen molar-refractivity contribution in [3.8, 4) is 0 Å². The summed E-state index contributed by atoms with van der Waals surface area (Å²) in [6, 6.07) is 8.21. The van der Waals surface area contributed by atoms with Gasteiger partial charge in [-0.05, 0) is 12.1 Å². The predicted octanol–water partition coefficient (Wildman–Crippen LogP) is 1.41. The van der Waals surface area contributed by atoms with Crippen LogP contribution in [0.4, 0.5) is 0 Å². The molecular formula is C10H9N2O+. The lowest BCUT2D eigenvalue weighted by Gasteiger charge is -2.01. The Kier molecular flexibility index (Phi) is 1.22. The van der Waals surface area contributed by atoms with Crippen LogP contribution in [0.15, 0.2) is 30.5 Å². The summed E-state index contributed by atoms with van der Waals surface area (Å²) < 4.78 is 7.30. The number of H-pyrrole nitrogens is 1. The number of hydrogen-bond donors (Lipinski definition) is 1. The molecule has 3 rings (SSSR count). The second-order valence-electron chi connectivity index (χ2n) is 3.06. The maximum absolute atomic E-state index is 5.19. The molecule has 13 heavy (non-hydrogen) atoms. The van der Waals surface area contributed by atoms with Crippen molar-refractivity contribution < 1.29 is 9.30 Å². The standard InChI is InChI=1S/C10H8N2O/c1-2-4-9-8(3-1)11-10-7-13-6-5-12(9)10/h1-6H,7H2/p+1. The fourth-order valence-corrected chi connectivity index (χ4v) is 1.66. The number of para-hydroxylation sites is 2. The molecule has 0 saturated heterocycles. The van der Waals surface area contributed by atoms with Gasteiger partial charge in [0, 0.05) is 0 Å². The first-order chi connectivity index (χ1) is 6.45. The van der Waals surface area contributed by atoms with Gasteiger partial charge in [-0.1, -0.05) is 12.1 Å². The molecule has 1 N–H and O–H groups in total. The average Bonchev–Trinajstić information content (AvgIpc) is 2.56. The minimum atomic E-state index is 0.616. The van der Waals surface area contributed by atoms with Crippen molar-refractivity contribution in [3.05, 3.63) is 36.4 Å². The summed E-state index contributed by atoms with van der Waals surface area (Å²) in [5, 5.41) is 0. The molecule has 1 aliphatic heterocycles. The highest BCUT2D eigenvalue weighted by Crippen LogP contribution is 2.11. The molecule has 0 aliphatic carbocycles. The highest BCUT2D eigenvalue weighted by Gasteiger charge is 2.18. The third kappa shape index (κ3) is 0.869. The van der Waals surface area contributed by atoms with Crippen LogP contribution in [-0.4, -0.2) is 4.98 Å². The number of nitrogens with zero attached hydrogens (tertiary/aromatic N) is 1. The molecule has 2 heterocycles. The SMILES string of the molecule is C1=C[n+]2c([nH]c3ccccc32)CO1. The molecule has 64 valence electrons. The molecule has 0 saturated carbocycles. The Morgan fingerprint density at radius 3 is 3.23 bits per heavy atom. The average molecular weight is 173 g/mol. The van der Waals surface area contributed by atoms with Gasteiger partial charge in [-0.3, -0.25) is 0 Å². The minimum absolute atomic E-state index is 0.616. The number of nitrogens with one attached hydrogen (secondary N) is 1. The zero-order chi connectivity index (χ0) is 8.67. The van der Waals surface area contributed by atoms with E-state index < -0.39 is 0 Å².